The van der Waals surface area contributed by atoms with E-state index in [2.05, 4.69) is 5.16 Å². The topological polar surface area (TPSA) is 79.6 Å². The summed E-state index contributed by atoms with van der Waals surface area (Å²) in [6.45, 7) is 2.07. The average Bonchev–Trinajstić information content (AvgIpc) is 2.54. The maximum absolute atomic E-state index is 13.3. The summed E-state index contributed by atoms with van der Waals surface area (Å²) < 4.78 is 62.7. The van der Waals surface area contributed by atoms with Gasteiger partial charge in [0.05, 0.1) is 11.3 Å². The number of nitrogens with zero attached hydrogens (tertiary/aromatic N) is 1. The van der Waals surface area contributed by atoms with Crippen LogP contribution in [0.3, 0.4) is 0 Å². The van der Waals surface area contributed by atoms with Crippen LogP contribution >= 0.6 is 11.6 Å². The number of halogens is 4. The van der Waals surface area contributed by atoms with Gasteiger partial charge in [-0.1, -0.05) is 36.0 Å². The average molecular weight is 413 g/mol. The summed E-state index contributed by atoms with van der Waals surface area (Å²) >= 11 is 5.92. The number of rotatable bonds is 4. The van der Waals surface area contributed by atoms with Gasteiger partial charge in [-0.3, -0.25) is 0 Å². The Labute approximate surface area is 156 Å². The third-order valence-corrected chi connectivity index (χ3v) is 4.08. The zero-order valence-electron chi connectivity index (χ0n) is 14.1. The summed E-state index contributed by atoms with van der Waals surface area (Å²) in [7, 11) is -2.61. The Kier molecular flexibility index (Phi) is 9.07. The standard InChI is InChI=1S/C16H19ClF3NO.HNO2S/c1-2-22-21-15(11-6-4-3-5-7-11)13-10-12(17)8-9-14(13)16(18,19)20;1-4(2)3/h8-11H,2-7H2,1H3;1H/b21-15+;. The quantitative estimate of drug-likeness (QED) is 0.537. The first-order chi connectivity index (χ1) is 12.2. The van der Waals surface area contributed by atoms with Gasteiger partial charge in [0.25, 0.3) is 0 Å². The van der Waals surface area contributed by atoms with E-state index in [4.69, 9.17) is 29.6 Å². The van der Waals surface area contributed by atoms with Crippen molar-refractivity contribution in [3.05, 3.63) is 34.3 Å². The van der Waals surface area contributed by atoms with Crippen molar-refractivity contribution >= 4 is 27.8 Å². The summed E-state index contributed by atoms with van der Waals surface area (Å²) in [6, 6.07) is 3.62. The molecular formula is C16H20ClF3N2O3S. The van der Waals surface area contributed by atoms with E-state index in [1.807, 2.05) is 0 Å². The number of oxime groups is 1. The summed E-state index contributed by atoms with van der Waals surface area (Å²) in [5, 5.41) is 4.28. The fourth-order valence-corrected chi connectivity index (χ4v) is 3.00. The van der Waals surface area contributed by atoms with Gasteiger partial charge in [-0.05, 0) is 38.0 Å². The Morgan fingerprint density at radius 2 is 1.88 bits per heavy atom. The largest absolute Gasteiger partial charge is 0.417 e. The molecule has 0 saturated heterocycles. The molecule has 1 aromatic carbocycles. The molecule has 0 aliphatic heterocycles. The van der Waals surface area contributed by atoms with Gasteiger partial charge in [0, 0.05) is 16.5 Å². The molecule has 0 heterocycles. The Hall–Kier alpha value is -1.61. The summed E-state index contributed by atoms with van der Waals surface area (Å²) in [5.41, 5.74) is -0.294. The van der Waals surface area contributed by atoms with Crippen LogP contribution in [0.4, 0.5) is 13.2 Å². The molecule has 0 amide bonds. The summed E-state index contributed by atoms with van der Waals surface area (Å²) in [6.07, 6.45) is 0.322. The molecule has 2 rings (SSSR count). The smallest absolute Gasteiger partial charge is 0.396 e. The molecule has 1 aliphatic carbocycles. The highest BCUT2D eigenvalue weighted by molar-refractivity contribution is 7.60. The number of hydrogen-bond donors (Lipinski definition) is 1. The molecule has 0 radical (unpaired) electrons. The minimum Gasteiger partial charge on any atom is -0.396 e. The van der Waals surface area contributed by atoms with Crippen LogP contribution in [0.5, 0.6) is 0 Å². The molecule has 0 bridgehead atoms. The van der Waals surface area contributed by atoms with Crippen molar-refractivity contribution < 1.29 is 26.4 Å². The zero-order valence-corrected chi connectivity index (χ0v) is 15.7. The van der Waals surface area contributed by atoms with E-state index in [1.165, 1.54) is 12.1 Å². The van der Waals surface area contributed by atoms with Gasteiger partial charge in [-0.2, -0.15) is 26.4 Å². The third-order valence-electron chi connectivity index (χ3n) is 3.85. The molecule has 1 aliphatic rings. The molecule has 0 spiro atoms. The molecule has 1 aromatic rings. The Morgan fingerprint density at radius 1 is 1.31 bits per heavy atom. The molecule has 1 saturated carbocycles. The molecular weight excluding hydrogens is 393 g/mol. The highest BCUT2D eigenvalue weighted by Crippen LogP contribution is 2.37. The normalized spacial score (nSPS) is 15.8. The van der Waals surface area contributed by atoms with Gasteiger partial charge < -0.3 is 4.84 Å². The van der Waals surface area contributed by atoms with E-state index in [0.717, 1.165) is 38.2 Å². The van der Waals surface area contributed by atoms with Gasteiger partial charge in [0.2, 0.25) is 0 Å². The summed E-state index contributed by atoms with van der Waals surface area (Å²) in [4.78, 5) is 5.09. The van der Waals surface area contributed by atoms with Gasteiger partial charge in [0.1, 0.15) is 6.61 Å². The Bertz CT molecular complexity index is 724. The number of alkyl halides is 3. The van der Waals surface area contributed by atoms with Crippen LogP contribution in [-0.2, 0) is 21.5 Å². The molecule has 5 nitrogen and oxygen atoms in total. The third kappa shape index (κ3) is 7.33. The second-order valence-corrected chi connectivity index (χ2v) is 6.56. The van der Waals surface area contributed by atoms with E-state index in [-0.39, 0.29) is 16.5 Å². The van der Waals surface area contributed by atoms with E-state index >= 15 is 0 Å². The molecule has 0 unspecified atom stereocenters. The molecule has 10 heteroatoms. The van der Waals surface area contributed by atoms with Crippen molar-refractivity contribution in [3.8, 4) is 0 Å². The van der Waals surface area contributed by atoms with Crippen molar-refractivity contribution in [2.75, 3.05) is 6.61 Å². The molecule has 1 N–H and O–H groups in total. The van der Waals surface area contributed by atoms with Gasteiger partial charge >= 0.3 is 16.7 Å². The van der Waals surface area contributed by atoms with Crippen LogP contribution in [0.2, 0.25) is 5.02 Å². The predicted octanol–water partition coefficient (Wildman–Crippen LogP) is 5.31. The van der Waals surface area contributed by atoms with E-state index in [0.29, 0.717) is 12.3 Å². The van der Waals surface area contributed by atoms with Gasteiger partial charge in [-0.15, -0.1) is 0 Å². The van der Waals surface area contributed by atoms with Crippen LogP contribution in [0.25, 0.3) is 0 Å². The van der Waals surface area contributed by atoms with Gasteiger partial charge in [0.15, 0.2) is 0 Å². The van der Waals surface area contributed by atoms with Crippen LogP contribution in [0, 0.1) is 10.7 Å². The Balaban J connectivity index is 0.000000765. The van der Waals surface area contributed by atoms with E-state index < -0.39 is 22.2 Å². The first kappa shape index (κ1) is 22.4. The van der Waals surface area contributed by atoms with Crippen molar-refractivity contribution in [1.29, 1.82) is 4.78 Å². The van der Waals surface area contributed by atoms with Crippen LogP contribution in [-0.4, -0.2) is 20.7 Å². The molecule has 1 fully saturated rings. The first-order valence-corrected chi connectivity index (χ1v) is 9.49. The van der Waals surface area contributed by atoms with Crippen molar-refractivity contribution in [2.45, 2.75) is 45.2 Å². The maximum Gasteiger partial charge on any atom is 0.417 e. The monoisotopic (exact) mass is 412 g/mol. The van der Waals surface area contributed by atoms with E-state index in [9.17, 15) is 13.2 Å². The lowest BCUT2D eigenvalue weighted by atomic mass is 9.82. The molecule has 146 valence electrons. The Morgan fingerprint density at radius 3 is 2.38 bits per heavy atom. The minimum atomic E-state index is -4.44. The van der Waals surface area contributed by atoms with E-state index in [1.54, 1.807) is 6.92 Å². The fraction of sp³-hybridized carbons (Fsp3) is 0.562. The zero-order chi connectivity index (χ0) is 19.7. The lowest BCUT2D eigenvalue weighted by Crippen LogP contribution is -2.23. The highest BCUT2D eigenvalue weighted by atomic mass is 35.5. The minimum absolute atomic E-state index is 0.0140. The van der Waals surface area contributed by atoms with Crippen molar-refractivity contribution in [3.63, 3.8) is 0 Å². The second-order valence-electron chi connectivity index (χ2n) is 5.65. The lowest BCUT2D eigenvalue weighted by molar-refractivity contribution is -0.137. The van der Waals surface area contributed by atoms with Crippen molar-refractivity contribution in [1.82, 2.24) is 0 Å². The van der Waals surface area contributed by atoms with Crippen molar-refractivity contribution in [2.24, 2.45) is 11.1 Å². The molecule has 26 heavy (non-hydrogen) atoms. The van der Waals surface area contributed by atoms with Crippen LogP contribution < -0.4 is 0 Å². The van der Waals surface area contributed by atoms with Crippen LogP contribution in [0.1, 0.15) is 50.2 Å². The molecule has 0 aromatic heterocycles. The highest BCUT2D eigenvalue weighted by Gasteiger charge is 2.36. The SMILES string of the molecule is CCO/N=C(/c1cc(Cl)ccc1C(F)(F)F)C1CCCCC1.N=S(=O)=O. The first-order valence-electron chi connectivity index (χ1n) is 8.04. The number of hydrogen-bond acceptors (Lipinski definition) is 5. The predicted molar refractivity (Wildman–Crippen MR) is 92.8 cm³/mol. The maximum atomic E-state index is 13.3. The fourth-order valence-electron chi connectivity index (χ4n) is 2.83. The van der Waals surface area contributed by atoms with Gasteiger partial charge in [-0.25, -0.2) is 0 Å². The number of nitrogens with one attached hydrogen (secondary N) is 1. The summed E-state index contributed by atoms with van der Waals surface area (Å²) in [5.74, 6) is -0.0140. The lowest BCUT2D eigenvalue weighted by Gasteiger charge is -2.25. The number of benzene rings is 1. The molecule has 0 atom stereocenters. The van der Waals surface area contributed by atoms with Crippen LogP contribution in [0.15, 0.2) is 23.4 Å². The second kappa shape index (κ2) is 10.5.